The van der Waals surface area contributed by atoms with E-state index in [0.29, 0.717) is 48.4 Å². The normalized spacial score (nSPS) is 14.7. The monoisotopic (exact) mass is 456 g/mol. The fourth-order valence-electron chi connectivity index (χ4n) is 3.99. The van der Waals surface area contributed by atoms with Crippen LogP contribution in [0.15, 0.2) is 40.8 Å². The lowest BCUT2D eigenvalue weighted by atomic mass is 9.96. The van der Waals surface area contributed by atoms with Crippen LogP contribution in [0.3, 0.4) is 0 Å². The Morgan fingerprint density at radius 3 is 2.69 bits per heavy atom. The van der Waals surface area contributed by atoms with Crippen LogP contribution in [-0.4, -0.2) is 42.1 Å². The van der Waals surface area contributed by atoms with Gasteiger partial charge in [0.1, 0.15) is 5.52 Å². The van der Waals surface area contributed by atoms with E-state index in [4.69, 9.17) is 25.5 Å². The van der Waals surface area contributed by atoms with Crippen molar-refractivity contribution in [2.45, 2.75) is 45.4 Å². The van der Waals surface area contributed by atoms with E-state index in [-0.39, 0.29) is 11.8 Å². The average molecular weight is 457 g/mol. The zero-order valence-corrected chi connectivity index (χ0v) is 19.4. The number of nitrogens with zero attached hydrogens (tertiary/aromatic N) is 2. The van der Waals surface area contributed by atoms with Crippen LogP contribution in [0.1, 0.15) is 61.7 Å². The van der Waals surface area contributed by atoms with Crippen LogP contribution >= 0.6 is 11.6 Å². The molecular weight excluding hydrogens is 428 g/mol. The minimum Gasteiger partial charge on any atom is -0.490 e. The number of aromatic nitrogens is 1. The summed E-state index contributed by atoms with van der Waals surface area (Å²) in [6.45, 7) is 6.30. The van der Waals surface area contributed by atoms with Gasteiger partial charge in [-0.05, 0) is 50.5 Å². The van der Waals surface area contributed by atoms with Crippen molar-refractivity contribution in [1.29, 1.82) is 0 Å². The van der Waals surface area contributed by atoms with Crippen molar-refractivity contribution in [2.75, 3.05) is 26.3 Å². The van der Waals surface area contributed by atoms with Crippen molar-refractivity contribution >= 4 is 28.6 Å². The molecule has 0 radical (unpaired) electrons. The van der Waals surface area contributed by atoms with Crippen LogP contribution in [0.5, 0.6) is 11.5 Å². The smallest absolute Gasteiger partial charge is 0.254 e. The summed E-state index contributed by atoms with van der Waals surface area (Å²) in [7, 11) is 0. The summed E-state index contributed by atoms with van der Waals surface area (Å²) in [6, 6.07) is 11.2. The lowest BCUT2D eigenvalue weighted by Crippen LogP contribution is -2.38. The molecule has 2 heterocycles. The van der Waals surface area contributed by atoms with Crippen molar-refractivity contribution in [1.82, 2.24) is 9.88 Å². The highest BCUT2D eigenvalue weighted by atomic mass is 35.5. The molecule has 0 spiro atoms. The summed E-state index contributed by atoms with van der Waals surface area (Å²) in [5, 5.41) is 0.400. The van der Waals surface area contributed by atoms with Gasteiger partial charge in [-0.3, -0.25) is 4.79 Å². The maximum absolute atomic E-state index is 13.2. The van der Waals surface area contributed by atoms with Gasteiger partial charge >= 0.3 is 0 Å². The molecule has 1 saturated heterocycles. The van der Waals surface area contributed by atoms with E-state index in [9.17, 15) is 4.79 Å². The van der Waals surface area contributed by atoms with E-state index in [0.717, 1.165) is 42.7 Å². The van der Waals surface area contributed by atoms with Crippen molar-refractivity contribution in [3.05, 3.63) is 52.9 Å². The first-order chi connectivity index (χ1) is 15.6. The number of carbonyl (C=O) groups is 1. The van der Waals surface area contributed by atoms with E-state index in [1.165, 1.54) is 0 Å². The van der Waals surface area contributed by atoms with E-state index < -0.39 is 0 Å². The fourth-order valence-corrected chi connectivity index (χ4v) is 4.26. The van der Waals surface area contributed by atoms with Gasteiger partial charge < -0.3 is 18.8 Å². The van der Waals surface area contributed by atoms with Gasteiger partial charge in [0.05, 0.1) is 18.2 Å². The minimum absolute atomic E-state index is 0.0519. The number of amides is 1. The lowest BCUT2D eigenvalue weighted by Gasteiger charge is -2.31. The first kappa shape index (κ1) is 22.5. The SMILES string of the molecule is CCCCOc1c(Cl)cc(C(=O)N2CCC(c3nc4ccccc4o3)CC2)cc1OCC. The fraction of sp³-hybridized carbons (Fsp3) is 0.440. The topological polar surface area (TPSA) is 64.8 Å². The van der Waals surface area contributed by atoms with Crippen molar-refractivity contribution in [3.63, 3.8) is 0 Å². The van der Waals surface area contributed by atoms with Crippen LogP contribution < -0.4 is 9.47 Å². The summed E-state index contributed by atoms with van der Waals surface area (Å²) in [5.74, 6) is 1.94. The predicted molar refractivity (Wildman–Crippen MR) is 125 cm³/mol. The number of carbonyl (C=O) groups excluding carboxylic acids is 1. The van der Waals surface area contributed by atoms with E-state index in [1.807, 2.05) is 36.1 Å². The minimum atomic E-state index is -0.0519. The van der Waals surface area contributed by atoms with Crippen LogP contribution in [-0.2, 0) is 0 Å². The van der Waals surface area contributed by atoms with E-state index >= 15 is 0 Å². The molecule has 0 unspecified atom stereocenters. The van der Waals surface area contributed by atoms with Crippen molar-refractivity contribution < 1.29 is 18.7 Å². The van der Waals surface area contributed by atoms with Crippen LogP contribution in [0.2, 0.25) is 5.02 Å². The van der Waals surface area contributed by atoms with E-state index in [1.54, 1.807) is 12.1 Å². The number of benzene rings is 2. The second-order valence-corrected chi connectivity index (χ2v) is 8.41. The molecule has 170 valence electrons. The molecule has 4 rings (SSSR count). The van der Waals surface area contributed by atoms with Crippen LogP contribution in [0.25, 0.3) is 11.1 Å². The van der Waals surface area contributed by atoms with Crippen LogP contribution in [0, 0.1) is 0 Å². The molecule has 0 bridgehead atoms. The number of piperidine rings is 1. The molecule has 7 heteroatoms. The van der Waals surface area contributed by atoms with E-state index in [2.05, 4.69) is 11.9 Å². The molecule has 0 saturated carbocycles. The quantitative estimate of drug-likeness (QED) is 0.384. The number of unbranched alkanes of at least 4 members (excludes halogenated alkanes) is 1. The number of ether oxygens (including phenoxy) is 2. The highest BCUT2D eigenvalue weighted by molar-refractivity contribution is 6.32. The van der Waals surface area contributed by atoms with Gasteiger partial charge in [0.2, 0.25) is 0 Å². The number of hydrogen-bond acceptors (Lipinski definition) is 5. The lowest BCUT2D eigenvalue weighted by molar-refractivity contribution is 0.0706. The Hall–Kier alpha value is -2.73. The maximum atomic E-state index is 13.2. The summed E-state index contributed by atoms with van der Waals surface area (Å²) in [5.41, 5.74) is 2.20. The first-order valence-electron chi connectivity index (χ1n) is 11.3. The first-order valence-corrected chi connectivity index (χ1v) is 11.7. The van der Waals surface area contributed by atoms with Crippen molar-refractivity contribution in [2.24, 2.45) is 0 Å². The number of likely N-dealkylation sites (tertiary alicyclic amines) is 1. The molecule has 6 nitrogen and oxygen atoms in total. The number of hydrogen-bond donors (Lipinski definition) is 0. The maximum Gasteiger partial charge on any atom is 0.254 e. The summed E-state index contributed by atoms with van der Waals surface area (Å²) >= 11 is 6.48. The molecule has 0 N–H and O–H groups in total. The third kappa shape index (κ3) is 4.85. The molecule has 1 amide bonds. The molecule has 1 fully saturated rings. The Bertz CT molecular complexity index is 1040. The molecule has 1 aliphatic rings. The summed E-state index contributed by atoms with van der Waals surface area (Å²) < 4.78 is 17.5. The van der Waals surface area contributed by atoms with Gasteiger partial charge in [0.25, 0.3) is 5.91 Å². The predicted octanol–water partition coefficient (Wildman–Crippen LogP) is 6.08. The summed E-state index contributed by atoms with van der Waals surface area (Å²) in [6.07, 6.45) is 3.57. The second kappa shape index (κ2) is 10.3. The number of halogens is 1. The third-order valence-corrected chi connectivity index (χ3v) is 6.02. The number of rotatable bonds is 8. The highest BCUT2D eigenvalue weighted by Crippen LogP contribution is 2.38. The largest absolute Gasteiger partial charge is 0.490 e. The molecule has 2 aromatic carbocycles. The standard InChI is InChI=1S/C25H29ClN2O4/c1-3-5-14-31-23-19(26)15-18(16-22(23)30-4-2)25(29)28-12-10-17(11-13-28)24-27-20-8-6-7-9-21(20)32-24/h6-9,15-17H,3-5,10-14H2,1-2H3. The van der Waals surface area contributed by atoms with Gasteiger partial charge in [-0.2, -0.15) is 0 Å². The van der Waals surface area contributed by atoms with Gasteiger partial charge in [-0.25, -0.2) is 4.98 Å². The zero-order chi connectivity index (χ0) is 22.5. The third-order valence-electron chi connectivity index (χ3n) is 5.74. The Morgan fingerprint density at radius 2 is 1.97 bits per heavy atom. The second-order valence-electron chi connectivity index (χ2n) is 8.01. The van der Waals surface area contributed by atoms with Gasteiger partial charge in [-0.1, -0.05) is 37.1 Å². The van der Waals surface area contributed by atoms with Crippen LogP contribution in [0.4, 0.5) is 0 Å². The molecule has 32 heavy (non-hydrogen) atoms. The Morgan fingerprint density at radius 1 is 1.19 bits per heavy atom. The molecular formula is C25H29ClN2O4. The zero-order valence-electron chi connectivity index (χ0n) is 18.6. The number of oxazole rings is 1. The summed E-state index contributed by atoms with van der Waals surface area (Å²) in [4.78, 5) is 19.7. The Kier molecular flexibility index (Phi) is 7.20. The van der Waals surface area contributed by atoms with Gasteiger partial charge in [0, 0.05) is 24.6 Å². The number of para-hydroxylation sites is 2. The number of fused-ring (bicyclic) bond motifs is 1. The van der Waals surface area contributed by atoms with Crippen molar-refractivity contribution in [3.8, 4) is 11.5 Å². The Labute approximate surface area is 193 Å². The average Bonchev–Trinajstić information content (AvgIpc) is 3.25. The van der Waals surface area contributed by atoms with Gasteiger partial charge in [0.15, 0.2) is 23.0 Å². The molecule has 1 aromatic heterocycles. The highest BCUT2D eigenvalue weighted by Gasteiger charge is 2.28. The Balaban J connectivity index is 1.45. The molecule has 0 atom stereocenters. The molecule has 3 aromatic rings. The molecule has 0 aliphatic carbocycles. The van der Waals surface area contributed by atoms with Gasteiger partial charge in [-0.15, -0.1) is 0 Å². The molecule has 1 aliphatic heterocycles.